The second-order valence-corrected chi connectivity index (χ2v) is 7.80. The molecule has 28 heavy (non-hydrogen) atoms. The summed E-state index contributed by atoms with van der Waals surface area (Å²) < 4.78 is 11.2. The lowest BCUT2D eigenvalue weighted by Crippen LogP contribution is -2.34. The summed E-state index contributed by atoms with van der Waals surface area (Å²) in [6.45, 7) is 10.0. The SMILES string of the molecule is C/C=C(\C(=C/N(C=O)C(C=O)CCOC(C)(C)C)OC)c1cc(Cl)ccc1C. The predicted molar refractivity (Wildman–Crippen MR) is 113 cm³/mol. The second kappa shape index (κ2) is 11.0. The van der Waals surface area contributed by atoms with Gasteiger partial charge >= 0.3 is 0 Å². The Morgan fingerprint density at radius 1 is 1.29 bits per heavy atom. The lowest BCUT2D eigenvalue weighted by molar-refractivity contribution is -0.123. The molecular weight excluding hydrogens is 378 g/mol. The van der Waals surface area contributed by atoms with E-state index in [-0.39, 0.29) is 5.60 Å². The highest BCUT2D eigenvalue weighted by atomic mass is 35.5. The van der Waals surface area contributed by atoms with Crippen LogP contribution in [-0.2, 0) is 19.1 Å². The lowest BCUT2D eigenvalue weighted by Gasteiger charge is -2.25. The number of halogens is 1. The molecule has 0 N–H and O–H groups in total. The van der Waals surface area contributed by atoms with Crippen molar-refractivity contribution < 1.29 is 19.1 Å². The number of nitrogens with zero attached hydrogens (tertiary/aromatic N) is 1. The number of methoxy groups -OCH3 is 1. The van der Waals surface area contributed by atoms with Gasteiger partial charge in [-0.05, 0) is 64.3 Å². The van der Waals surface area contributed by atoms with Crippen molar-refractivity contribution in [3.63, 3.8) is 0 Å². The van der Waals surface area contributed by atoms with E-state index in [1.165, 1.54) is 12.0 Å². The monoisotopic (exact) mass is 407 g/mol. The molecule has 0 radical (unpaired) electrons. The zero-order chi connectivity index (χ0) is 21.3. The van der Waals surface area contributed by atoms with E-state index in [0.717, 1.165) is 23.0 Å². The second-order valence-electron chi connectivity index (χ2n) is 7.36. The van der Waals surface area contributed by atoms with Gasteiger partial charge in [0, 0.05) is 17.2 Å². The molecule has 0 fully saturated rings. The average molecular weight is 408 g/mol. The van der Waals surface area contributed by atoms with E-state index in [1.807, 2.05) is 58.9 Å². The zero-order valence-corrected chi connectivity index (χ0v) is 18.2. The Labute approximate surface area is 173 Å². The number of carbonyl (C=O) groups is 2. The van der Waals surface area contributed by atoms with E-state index in [0.29, 0.717) is 30.2 Å². The molecule has 0 heterocycles. The molecule has 0 aromatic heterocycles. The average Bonchev–Trinajstić information content (AvgIpc) is 2.64. The van der Waals surface area contributed by atoms with Gasteiger partial charge in [0.25, 0.3) is 0 Å². The van der Waals surface area contributed by atoms with Crippen molar-refractivity contribution in [1.82, 2.24) is 4.90 Å². The number of rotatable bonds is 10. The van der Waals surface area contributed by atoms with Crippen molar-refractivity contribution >= 4 is 29.9 Å². The van der Waals surface area contributed by atoms with Gasteiger partial charge in [-0.1, -0.05) is 23.7 Å². The Morgan fingerprint density at radius 2 is 1.96 bits per heavy atom. The number of amides is 1. The van der Waals surface area contributed by atoms with E-state index in [4.69, 9.17) is 21.1 Å². The van der Waals surface area contributed by atoms with E-state index in [1.54, 1.807) is 6.20 Å². The van der Waals surface area contributed by atoms with Crippen LogP contribution in [0, 0.1) is 6.92 Å². The highest BCUT2D eigenvalue weighted by molar-refractivity contribution is 6.30. The normalized spacial score (nSPS) is 13.8. The van der Waals surface area contributed by atoms with Gasteiger partial charge in [0.05, 0.1) is 25.0 Å². The number of benzene rings is 1. The Morgan fingerprint density at radius 3 is 2.46 bits per heavy atom. The third-order valence-corrected chi connectivity index (χ3v) is 4.38. The Balaban J connectivity index is 3.15. The largest absolute Gasteiger partial charge is 0.495 e. The molecule has 1 atom stereocenters. The first-order valence-electron chi connectivity index (χ1n) is 9.17. The van der Waals surface area contributed by atoms with Gasteiger partial charge in [-0.25, -0.2) is 0 Å². The zero-order valence-electron chi connectivity index (χ0n) is 17.5. The molecule has 0 saturated carbocycles. The third kappa shape index (κ3) is 7.13. The van der Waals surface area contributed by atoms with Crippen LogP contribution in [0.25, 0.3) is 5.57 Å². The number of aryl methyl sites for hydroxylation is 1. The first kappa shape index (κ1) is 23.9. The fourth-order valence-corrected chi connectivity index (χ4v) is 2.83. The molecule has 0 aliphatic heterocycles. The standard InChI is InChI=1S/C22H30ClNO4/c1-7-19(20-12-17(23)9-8-16(20)2)21(27-6)13-24(15-26)18(14-25)10-11-28-22(3,4)5/h7-9,12-15,18H,10-11H2,1-6H3/b19-7-,21-13+. The van der Waals surface area contributed by atoms with Gasteiger partial charge in [0.1, 0.15) is 12.0 Å². The number of carbonyl (C=O) groups excluding carboxylic acids is 2. The summed E-state index contributed by atoms with van der Waals surface area (Å²) in [6, 6.07) is 4.94. The molecule has 154 valence electrons. The van der Waals surface area contributed by atoms with E-state index < -0.39 is 6.04 Å². The van der Waals surface area contributed by atoms with Crippen molar-refractivity contribution in [2.45, 2.75) is 52.7 Å². The summed E-state index contributed by atoms with van der Waals surface area (Å²) in [5.41, 5.74) is 2.39. The summed E-state index contributed by atoms with van der Waals surface area (Å²) in [7, 11) is 1.52. The minimum Gasteiger partial charge on any atom is -0.495 e. The van der Waals surface area contributed by atoms with E-state index in [2.05, 4.69) is 0 Å². The first-order valence-corrected chi connectivity index (χ1v) is 9.55. The van der Waals surface area contributed by atoms with Crippen LogP contribution in [0.2, 0.25) is 5.02 Å². The Bertz CT molecular complexity index is 735. The Kier molecular flexibility index (Phi) is 9.42. The van der Waals surface area contributed by atoms with E-state index >= 15 is 0 Å². The number of allylic oxidation sites excluding steroid dienone is 2. The van der Waals surface area contributed by atoms with Crippen LogP contribution in [0.5, 0.6) is 0 Å². The summed E-state index contributed by atoms with van der Waals surface area (Å²) in [6.07, 6.45) is 5.17. The molecular formula is C22H30ClNO4. The molecule has 0 bridgehead atoms. The van der Waals surface area contributed by atoms with Crippen LogP contribution in [0.15, 0.2) is 36.2 Å². The maximum Gasteiger partial charge on any atom is 0.214 e. The van der Waals surface area contributed by atoms with Crippen LogP contribution in [0.1, 0.15) is 45.2 Å². The number of ether oxygens (including phenoxy) is 2. The summed E-state index contributed by atoms with van der Waals surface area (Å²) in [5.74, 6) is 0.462. The number of aldehydes is 1. The van der Waals surface area contributed by atoms with Gasteiger partial charge in [-0.2, -0.15) is 0 Å². The molecule has 1 rings (SSSR count). The van der Waals surface area contributed by atoms with Crippen molar-refractivity contribution in [2.24, 2.45) is 0 Å². The highest BCUT2D eigenvalue weighted by Gasteiger charge is 2.19. The maximum absolute atomic E-state index is 11.7. The molecule has 1 amide bonds. The molecule has 0 aliphatic carbocycles. The van der Waals surface area contributed by atoms with Gasteiger partial charge < -0.3 is 19.2 Å². The van der Waals surface area contributed by atoms with Crippen molar-refractivity contribution in [1.29, 1.82) is 0 Å². The predicted octanol–water partition coefficient (Wildman–Crippen LogP) is 4.77. The van der Waals surface area contributed by atoms with Crippen molar-refractivity contribution in [2.75, 3.05) is 13.7 Å². The van der Waals surface area contributed by atoms with Crippen LogP contribution < -0.4 is 0 Å². The van der Waals surface area contributed by atoms with Gasteiger partial charge in [0.15, 0.2) is 0 Å². The smallest absolute Gasteiger partial charge is 0.214 e. The van der Waals surface area contributed by atoms with E-state index in [9.17, 15) is 9.59 Å². The fourth-order valence-electron chi connectivity index (χ4n) is 2.66. The minimum atomic E-state index is -0.649. The molecule has 6 heteroatoms. The first-order chi connectivity index (χ1) is 13.2. The van der Waals surface area contributed by atoms with Crippen LogP contribution in [0.3, 0.4) is 0 Å². The van der Waals surface area contributed by atoms with Crippen molar-refractivity contribution in [3.8, 4) is 0 Å². The van der Waals surface area contributed by atoms with Crippen LogP contribution >= 0.6 is 11.6 Å². The molecule has 1 unspecified atom stereocenters. The molecule has 1 aromatic rings. The highest BCUT2D eigenvalue weighted by Crippen LogP contribution is 2.29. The topological polar surface area (TPSA) is 55.8 Å². The maximum atomic E-state index is 11.7. The summed E-state index contributed by atoms with van der Waals surface area (Å²) in [5, 5.41) is 0.604. The molecule has 0 spiro atoms. The molecule has 0 aliphatic rings. The molecule has 1 aromatic carbocycles. The fraction of sp³-hybridized carbons (Fsp3) is 0.455. The van der Waals surface area contributed by atoms with Gasteiger partial charge in [-0.15, -0.1) is 0 Å². The third-order valence-electron chi connectivity index (χ3n) is 4.14. The lowest BCUT2D eigenvalue weighted by atomic mass is 9.99. The van der Waals surface area contributed by atoms with Crippen LogP contribution in [-0.4, -0.2) is 43.0 Å². The number of hydrogen-bond acceptors (Lipinski definition) is 4. The summed E-state index contributed by atoms with van der Waals surface area (Å²) >= 11 is 6.15. The van der Waals surface area contributed by atoms with Crippen molar-refractivity contribution in [3.05, 3.63) is 52.4 Å². The quantitative estimate of drug-likeness (QED) is 0.318. The number of hydrogen-bond donors (Lipinski definition) is 0. The van der Waals surface area contributed by atoms with Gasteiger partial charge in [0.2, 0.25) is 6.41 Å². The Hall–Kier alpha value is -2.11. The van der Waals surface area contributed by atoms with Gasteiger partial charge in [-0.3, -0.25) is 4.79 Å². The minimum absolute atomic E-state index is 0.310. The summed E-state index contributed by atoms with van der Waals surface area (Å²) in [4.78, 5) is 24.6. The van der Waals surface area contributed by atoms with Crippen LogP contribution in [0.4, 0.5) is 0 Å². The molecule has 0 saturated heterocycles. The molecule has 5 nitrogen and oxygen atoms in total.